The van der Waals surface area contributed by atoms with Crippen LogP contribution in [0.2, 0.25) is 0 Å². The van der Waals surface area contributed by atoms with E-state index in [0.29, 0.717) is 5.88 Å². The SMILES string of the molecule is Cc1nc(C#CCCCl)cs1. The van der Waals surface area contributed by atoms with Crippen LogP contribution in [-0.2, 0) is 0 Å². The van der Waals surface area contributed by atoms with Crippen LogP contribution in [0.3, 0.4) is 0 Å². The Morgan fingerprint density at radius 3 is 3.09 bits per heavy atom. The number of nitrogens with zero attached hydrogens (tertiary/aromatic N) is 1. The third kappa shape index (κ3) is 2.92. The van der Waals surface area contributed by atoms with Crippen molar-refractivity contribution in [3.63, 3.8) is 0 Å². The van der Waals surface area contributed by atoms with E-state index < -0.39 is 0 Å². The molecule has 58 valence electrons. The molecule has 0 amide bonds. The normalized spacial score (nSPS) is 8.91. The smallest absolute Gasteiger partial charge is 0.124 e. The van der Waals surface area contributed by atoms with Gasteiger partial charge in [-0.05, 0) is 12.8 Å². The minimum absolute atomic E-state index is 0.593. The van der Waals surface area contributed by atoms with E-state index in [-0.39, 0.29) is 0 Å². The Hall–Kier alpha value is -0.520. The fourth-order valence-corrected chi connectivity index (χ4v) is 1.26. The van der Waals surface area contributed by atoms with Crippen LogP contribution < -0.4 is 0 Å². The van der Waals surface area contributed by atoms with Gasteiger partial charge in [-0.15, -0.1) is 22.9 Å². The van der Waals surface area contributed by atoms with Crippen molar-refractivity contribution in [2.75, 3.05) is 5.88 Å². The molecule has 0 aliphatic heterocycles. The monoisotopic (exact) mass is 185 g/mol. The third-order valence-electron chi connectivity index (χ3n) is 1.05. The zero-order valence-electron chi connectivity index (χ0n) is 6.22. The summed E-state index contributed by atoms with van der Waals surface area (Å²) in [5.41, 5.74) is 0.859. The molecule has 11 heavy (non-hydrogen) atoms. The summed E-state index contributed by atoms with van der Waals surface area (Å²) in [6, 6.07) is 0. The molecule has 1 nitrogen and oxygen atoms in total. The molecular weight excluding hydrogens is 178 g/mol. The van der Waals surface area contributed by atoms with Gasteiger partial charge in [0.2, 0.25) is 0 Å². The Bertz CT molecular complexity index is 282. The van der Waals surface area contributed by atoms with Crippen LogP contribution in [0, 0.1) is 18.8 Å². The van der Waals surface area contributed by atoms with Crippen LogP contribution in [0.15, 0.2) is 5.38 Å². The van der Waals surface area contributed by atoms with Gasteiger partial charge in [0.1, 0.15) is 5.69 Å². The van der Waals surface area contributed by atoms with Gasteiger partial charge in [0.15, 0.2) is 0 Å². The molecule has 0 saturated heterocycles. The van der Waals surface area contributed by atoms with Crippen molar-refractivity contribution in [1.82, 2.24) is 4.98 Å². The lowest BCUT2D eigenvalue weighted by Crippen LogP contribution is -1.74. The van der Waals surface area contributed by atoms with Gasteiger partial charge in [-0.25, -0.2) is 4.98 Å². The molecule has 0 spiro atoms. The van der Waals surface area contributed by atoms with E-state index in [0.717, 1.165) is 17.1 Å². The summed E-state index contributed by atoms with van der Waals surface area (Å²) in [5.74, 6) is 6.45. The van der Waals surface area contributed by atoms with Gasteiger partial charge in [0.05, 0.1) is 5.01 Å². The van der Waals surface area contributed by atoms with E-state index >= 15 is 0 Å². The molecule has 1 aromatic heterocycles. The number of halogens is 1. The molecule has 1 heterocycles. The van der Waals surface area contributed by atoms with Gasteiger partial charge in [-0.2, -0.15) is 0 Å². The Balaban J connectivity index is 2.59. The number of rotatable bonds is 1. The zero-order valence-corrected chi connectivity index (χ0v) is 7.80. The van der Waals surface area contributed by atoms with Gasteiger partial charge in [-0.1, -0.05) is 5.92 Å². The summed E-state index contributed by atoms with van der Waals surface area (Å²) in [4.78, 5) is 4.18. The molecule has 0 N–H and O–H groups in total. The standard InChI is InChI=1S/C8H8ClNS/c1-7-10-8(6-11-7)4-2-3-5-9/h6H,3,5H2,1H3. The lowest BCUT2D eigenvalue weighted by atomic mass is 10.4. The van der Waals surface area contributed by atoms with Gasteiger partial charge >= 0.3 is 0 Å². The van der Waals surface area contributed by atoms with Gasteiger partial charge in [-0.3, -0.25) is 0 Å². The van der Waals surface area contributed by atoms with Crippen LogP contribution in [0.5, 0.6) is 0 Å². The van der Waals surface area contributed by atoms with E-state index in [9.17, 15) is 0 Å². The van der Waals surface area contributed by atoms with Crippen LogP contribution in [-0.4, -0.2) is 10.9 Å². The summed E-state index contributed by atoms with van der Waals surface area (Å²) in [6.07, 6.45) is 0.734. The van der Waals surface area contributed by atoms with E-state index in [1.54, 1.807) is 11.3 Å². The fourth-order valence-electron chi connectivity index (χ4n) is 0.621. The Kier molecular flexibility index (Phi) is 3.41. The van der Waals surface area contributed by atoms with Crippen molar-refractivity contribution >= 4 is 22.9 Å². The fraction of sp³-hybridized carbons (Fsp3) is 0.375. The average Bonchev–Trinajstić information content (AvgIpc) is 2.37. The van der Waals surface area contributed by atoms with Gasteiger partial charge in [0, 0.05) is 17.7 Å². The number of thiazole rings is 1. The van der Waals surface area contributed by atoms with E-state index in [4.69, 9.17) is 11.6 Å². The Labute approximate surface area is 75.4 Å². The largest absolute Gasteiger partial charge is 0.233 e. The van der Waals surface area contributed by atoms with Crippen molar-refractivity contribution in [1.29, 1.82) is 0 Å². The lowest BCUT2D eigenvalue weighted by molar-refractivity contribution is 1.25. The first-order valence-electron chi connectivity index (χ1n) is 3.30. The van der Waals surface area contributed by atoms with E-state index in [1.807, 2.05) is 12.3 Å². The molecule has 0 aliphatic rings. The molecule has 0 bridgehead atoms. The molecule has 0 fully saturated rings. The van der Waals surface area contributed by atoms with Crippen molar-refractivity contribution in [3.05, 3.63) is 16.1 Å². The summed E-state index contributed by atoms with van der Waals surface area (Å²) < 4.78 is 0. The molecule has 1 aromatic rings. The van der Waals surface area contributed by atoms with Crippen LogP contribution >= 0.6 is 22.9 Å². The third-order valence-corrected chi connectivity index (χ3v) is 2.02. The maximum atomic E-state index is 5.45. The minimum Gasteiger partial charge on any atom is -0.233 e. The summed E-state index contributed by atoms with van der Waals surface area (Å²) >= 11 is 7.07. The molecule has 1 rings (SSSR count). The second-order valence-corrected chi connectivity index (χ2v) is 3.43. The molecule has 0 aromatic carbocycles. The molecule has 0 aliphatic carbocycles. The quantitative estimate of drug-likeness (QED) is 0.484. The second kappa shape index (κ2) is 4.38. The van der Waals surface area contributed by atoms with Gasteiger partial charge < -0.3 is 0 Å². The van der Waals surface area contributed by atoms with Crippen molar-refractivity contribution < 1.29 is 0 Å². The average molecular weight is 186 g/mol. The topological polar surface area (TPSA) is 12.9 Å². The Morgan fingerprint density at radius 2 is 2.55 bits per heavy atom. The first kappa shape index (κ1) is 8.58. The van der Waals surface area contributed by atoms with E-state index in [2.05, 4.69) is 16.8 Å². The number of aryl methyl sites for hydroxylation is 1. The predicted octanol–water partition coefficient (Wildman–Crippen LogP) is 2.43. The molecule has 0 atom stereocenters. The highest BCUT2D eigenvalue weighted by Crippen LogP contribution is 2.05. The summed E-state index contributed by atoms with van der Waals surface area (Å²) in [5, 5.41) is 3.01. The summed E-state index contributed by atoms with van der Waals surface area (Å²) in [6.45, 7) is 1.97. The molecular formula is C8H8ClNS. The van der Waals surface area contributed by atoms with Crippen LogP contribution in [0.4, 0.5) is 0 Å². The number of aromatic nitrogens is 1. The highest BCUT2D eigenvalue weighted by atomic mass is 35.5. The first-order valence-corrected chi connectivity index (χ1v) is 4.71. The van der Waals surface area contributed by atoms with Crippen LogP contribution in [0.25, 0.3) is 0 Å². The minimum atomic E-state index is 0.593. The van der Waals surface area contributed by atoms with E-state index in [1.165, 1.54) is 0 Å². The molecule has 3 heteroatoms. The highest BCUT2D eigenvalue weighted by molar-refractivity contribution is 7.09. The molecule has 0 unspecified atom stereocenters. The van der Waals surface area contributed by atoms with Crippen molar-refractivity contribution in [2.45, 2.75) is 13.3 Å². The number of hydrogen-bond acceptors (Lipinski definition) is 2. The zero-order chi connectivity index (χ0) is 8.10. The van der Waals surface area contributed by atoms with Gasteiger partial charge in [0.25, 0.3) is 0 Å². The second-order valence-electron chi connectivity index (χ2n) is 1.99. The number of hydrogen-bond donors (Lipinski definition) is 0. The Morgan fingerprint density at radius 1 is 1.73 bits per heavy atom. The number of alkyl halides is 1. The maximum absolute atomic E-state index is 5.45. The van der Waals surface area contributed by atoms with Crippen molar-refractivity contribution in [2.24, 2.45) is 0 Å². The first-order chi connectivity index (χ1) is 5.33. The molecule has 0 saturated carbocycles. The highest BCUT2D eigenvalue weighted by Gasteiger charge is 1.90. The lowest BCUT2D eigenvalue weighted by Gasteiger charge is -1.76. The predicted molar refractivity (Wildman–Crippen MR) is 49.1 cm³/mol. The summed E-state index contributed by atoms with van der Waals surface area (Å²) in [7, 11) is 0. The maximum Gasteiger partial charge on any atom is 0.124 e. The van der Waals surface area contributed by atoms with Crippen molar-refractivity contribution in [3.8, 4) is 11.8 Å². The molecule has 0 radical (unpaired) electrons. The van der Waals surface area contributed by atoms with Crippen LogP contribution in [0.1, 0.15) is 17.1 Å².